The summed E-state index contributed by atoms with van der Waals surface area (Å²) in [5.41, 5.74) is 0.239. The Labute approximate surface area is 172 Å². The van der Waals surface area contributed by atoms with Crippen molar-refractivity contribution in [1.29, 1.82) is 0 Å². The maximum Gasteiger partial charge on any atom is 0.191 e. The van der Waals surface area contributed by atoms with E-state index in [0.717, 1.165) is 64.9 Å². The monoisotopic (exact) mass is 469 g/mol. The summed E-state index contributed by atoms with van der Waals surface area (Å²) in [6.45, 7) is 17.2. The molecule has 150 valence electrons. The van der Waals surface area contributed by atoms with Crippen LogP contribution in [0.2, 0.25) is 0 Å². The Kier molecular flexibility index (Phi) is 14.0. The van der Waals surface area contributed by atoms with Crippen LogP contribution in [0.4, 0.5) is 0 Å². The number of halogens is 1. The van der Waals surface area contributed by atoms with Gasteiger partial charge in [0.1, 0.15) is 0 Å². The highest BCUT2D eigenvalue weighted by Gasteiger charge is 2.19. The minimum Gasteiger partial charge on any atom is -0.381 e. The third-order valence-electron chi connectivity index (χ3n) is 4.11. The van der Waals surface area contributed by atoms with Gasteiger partial charge in [0, 0.05) is 38.8 Å². The molecule has 1 saturated heterocycles. The summed E-state index contributed by atoms with van der Waals surface area (Å²) in [5, 5.41) is 6.73. The van der Waals surface area contributed by atoms with Crippen molar-refractivity contribution in [2.24, 2.45) is 22.2 Å². The van der Waals surface area contributed by atoms with E-state index in [9.17, 15) is 0 Å². The van der Waals surface area contributed by atoms with E-state index in [0.29, 0.717) is 11.8 Å². The Morgan fingerprint density at radius 1 is 1.32 bits per heavy atom. The molecule has 0 aromatic heterocycles. The molecule has 0 saturated carbocycles. The van der Waals surface area contributed by atoms with Gasteiger partial charge in [0.15, 0.2) is 5.96 Å². The van der Waals surface area contributed by atoms with Gasteiger partial charge < -0.3 is 20.1 Å². The average molecular weight is 469 g/mol. The summed E-state index contributed by atoms with van der Waals surface area (Å²) in [4.78, 5) is 4.76. The predicted molar refractivity (Wildman–Crippen MR) is 117 cm³/mol. The summed E-state index contributed by atoms with van der Waals surface area (Å²) < 4.78 is 11.1. The van der Waals surface area contributed by atoms with Crippen molar-refractivity contribution >= 4 is 29.9 Å². The van der Waals surface area contributed by atoms with E-state index in [2.05, 4.69) is 45.3 Å². The lowest BCUT2D eigenvalue weighted by atomic mass is 9.84. The fraction of sp³-hybridized carbons (Fsp3) is 0.947. The van der Waals surface area contributed by atoms with E-state index >= 15 is 0 Å². The average Bonchev–Trinajstić information content (AvgIpc) is 3.00. The summed E-state index contributed by atoms with van der Waals surface area (Å²) in [6, 6.07) is 0. The number of nitrogens with zero attached hydrogens (tertiary/aromatic N) is 1. The zero-order valence-corrected chi connectivity index (χ0v) is 19.2. The standard InChI is InChI=1S/C19H39N3O2.HI/c1-6-20-18(22-15-19(4,5)12-16(2)3)21-9-7-10-23-13-17-8-11-24-14-17;/h16-17H,6-15H2,1-5H3,(H2,20,21,22);1H. The van der Waals surface area contributed by atoms with Crippen LogP contribution >= 0.6 is 24.0 Å². The number of hydrogen-bond donors (Lipinski definition) is 2. The molecule has 0 bridgehead atoms. The molecule has 1 fully saturated rings. The molecule has 0 aromatic carbocycles. The third-order valence-corrected chi connectivity index (χ3v) is 4.11. The van der Waals surface area contributed by atoms with Gasteiger partial charge in [-0.25, -0.2) is 0 Å². The largest absolute Gasteiger partial charge is 0.381 e. The zero-order chi connectivity index (χ0) is 17.8. The highest BCUT2D eigenvalue weighted by molar-refractivity contribution is 14.0. The second-order valence-corrected chi connectivity index (χ2v) is 8.04. The molecule has 1 atom stereocenters. The van der Waals surface area contributed by atoms with Crippen LogP contribution < -0.4 is 10.6 Å². The number of ether oxygens (including phenoxy) is 2. The van der Waals surface area contributed by atoms with Crippen LogP contribution in [0.15, 0.2) is 4.99 Å². The van der Waals surface area contributed by atoms with Crippen molar-refractivity contribution in [3.05, 3.63) is 0 Å². The minimum absolute atomic E-state index is 0. The minimum atomic E-state index is 0. The molecule has 1 unspecified atom stereocenters. The van der Waals surface area contributed by atoms with Crippen LogP contribution in [-0.2, 0) is 9.47 Å². The van der Waals surface area contributed by atoms with Gasteiger partial charge in [-0.2, -0.15) is 0 Å². The predicted octanol–water partition coefficient (Wildman–Crippen LogP) is 3.68. The van der Waals surface area contributed by atoms with Gasteiger partial charge in [-0.05, 0) is 37.5 Å². The van der Waals surface area contributed by atoms with Crippen LogP contribution in [0, 0.1) is 17.3 Å². The molecule has 0 radical (unpaired) electrons. The van der Waals surface area contributed by atoms with Crippen molar-refractivity contribution in [2.75, 3.05) is 46.1 Å². The highest BCUT2D eigenvalue weighted by Crippen LogP contribution is 2.25. The van der Waals surface area contributed by atoms with Gasteiger partial charge in [0.05, 0.1) is 13.2 Å². The molecule has 6 heteroatoms. The summed E-state index contributed by atoms with van der Waals surface area (Å²) in [7, 11) is 0. The lowest BCUT2D eigenvalue weighted by Gasteiger charge is -2.25. The highest BCUT2D eigenvalue weighted by atomic mass is 127. The molecule has 1 rings (SSSR count). The smallest absolute Gasteiger partial charge is 0.191 e. The molecule has 1 aliphatic rings. The van der Waals surface area contributed by atoms with Crippen LogP contribution in [0.5, 0.6) is 0 Å². The molecule has 1 aliphatic heterocycles. The van der Waals surface area contributed by atoms with Gasteiger partial charge >= 0.3 is 0 Å². The quantitative estimate of drug-likeness (QED) is 0.210. The van der Waals surface area contributed by atoms with Gasteiger partial charge in [-0.15, -0.1) is 24.0 Å². The van der Waals surface area contributed by atoms with Crippen molar-refractivity contribution < 1.29 is 9.47 Å². The van der Waals surface area contributed by atoms with E-state index in [1.165, 1.54) is 6.42 Å². The number of guanidine groups is 1. The molecule has 5 nitrogen and oxygen atoms in total. The normalized spacial score (nSPS) is 18.3. The van der Waals surface area contributed by atoms with E-state index in [1.54, 1.807) is 0 Å². The number of nitrogens with one attached hydrogen (secondary N) is 2. The fourth-order valence-corrected chi connectivity index (χ4v) is 3.15. The topological polar surface area (TPSA) is 54.9 Å². The number of rotatable bonds is 11. The first-order valence-electron chi connectivity index (χ1n) is 9.60. The number of hydrogen-bond acceptors (Lipinski definition) is 3. The Hall–Kier alpha value is -0.0800. The third kappa shape index (κ3) is 12.8. The summed E-state index contributed by atoms with van der Waals surface area (Å²) >= 11 is 0. The molecular weight excluding hydrogens is 429 g/mol. The molecular formula is C19H40IN3O2. The molecule has 1 heterocycles. The van der Waals surface area contributed by atoms with Crippen molar-refractivity contribution in [1.82, 2.24) is 10.6 Å². The van der Waals surface area contributed by atoms with Crippen LogP contribution in [0.3, 0.4) is 0 Å². The van der Waals surface area contributed by atoms with Crippen LogP contribution in [-0.4, -0.2) is 52.0 Å². The zero-order valence-electron chi connectivity index (χ0n) is 16.9. The first-order chi connectivity index (χ1) is 11.4. The maximum absolute atomic E-state index is 5.74. The van der Waals surface area contributed by atoms with E-state index in [1.807, 2.05) is 0 Å². The SMILES string of the molecule is CCNC(=NCC(C)(C)CC(C)C)NCCCOCC1CCOC1.I. The van der Waals surface area contributed by atoms with E-state index < -0.39 is 0 Å². The van der Waals surface area contributed by atoms with Crippen molar-refractivity contribution in [3.63, 3.8) is 0 Å². The lowest BCUT2D eigenvalue weighted by molar-refractivity contribution is 0.0888. The molecule has 0 spiro atoms. The van der Waals surface area contributed by atoms with Gasteiger partial charge in [0.2, 0.25) is 0 Å². The van der Waals surface area contributed by atoms with Gasteiger partial charge in [0.25, 0.3) is 0 Å². The first kappa shape index (κ1) is 24.9. The van der Waals surface area contributed by atoms with Crippen LogP contribution in [0.1, 0.15) is 53.9 Å². The Morgan fingerprint density at radius 2 is 2.08 bits per heavy atom. The van der Waals surface area contributed by atoms with Gasteiger partial charge in [-0.3, -0.25) is 4.99 Å². The Morgan fingerprint density at radius 3 is 2.68 bits per heavy atom. The molecule has 0 aliphatic carbocycles. The molecule has 25 heavy (non-hydrogen) atoms. The second kappa shape index (κ2) is 14.0. The van der Waals surface area contributed by atoms with Crippen molar-refractivity contribution in [3.8, 4) is 0 Å². The second-order valence-electron chi connectivity index (χ2n) is 8.04. The van der Waals surface area contributed by atoms with Crippen molar-refractivity contribution in [2.45, 2.75) is 53.9 Å². The summed E-state index contributed by atoms with van der Waals surface area (Å²) in [5.74, 6) is 2.21. The van der Waals surface area contributed by atoms with Crippen LogP contribution in [0.25, 0.3) is 0 Å². The Bertz CT molecular complexity index is 357. The molecule has 0 amide bonds. The maximum atomic E-state index is 5.74. The molecule has 0 aromatic rings. The Balaban J connectivity index is 0.00000576. The molecule has 2 N–H and O–H groups in total. The first-order valence-corrected chi connectivity index (χ1v) is 9.60. The van der Waals surface area contributed by atoms with E-state index in [4.69, 9.17) is 14.5 Å². The summed E-state index contributed by atoms with van der Waals surface area (Å²) in [6.07, 6.45) is 3.32. The number of aliphatic imine (C=N–C) groups is 1. The van der Waals surface area contributed by atoms with Gasteiger partial charge in [-0.1, -0.05) is 27.7 Å². The van der Waals surface area contributed by atoms with E-state index in [-0.39, 0.29) is 29.4 Å². The lowest BCUT2D eigenvalue weighted by Crippen LogP contribution is -2.39. The fourth-order valence-electron chi connectivity index (χ4n) is 3.15.